The number of carbonyl (C=O) groups excluding carboxylic acids is 1. The van der Waals surface area contributed by atoms with Gasteiger partial charge in [0.15, 0.2) is 0 Å². The second-order valence-electron chi connectivity index (χ2n) is 6.63. The summed E-state index contributed by atoms with van der Waals surface area (Å²) in [5, 5.41) is 12.8. The van der Waals surface area contributed by atoms with E-state index < -0.39 is 17.9 Å². The van der Waals surface area contributed by atoms with Crippen molar-refractivity contribution in [3.63, 3.8) is 0 Å². The maximum Gasteiger partial charge on any atom is 0.337 e. The monoisotopic (exact) mass is 390 g/mol. The van der Waals surface area contributed by atoms with Crippen LogP contribution in [-0.2, 0) is 14.3 Å². The zero-order valence-electron chi connectivity index (χ0n) is 16.3. The predicted octanol–water partition coefficient (Wildman–Crippen LogP) is 3.66. The molecule has 0 saturated heterocycles. The second kappa shape index (κ2) is 9.01. The molecule has 3 rings (SSSR count). The lowest BCUT2D eigenvalue weighted by atomic mass is 9.81. The van der Waals surface area contributed by atoms with E-state index in [1.54, 1.807) is 44.4 Å². The van der Waals surface area contributed by atoms with Gasteiger partial charge in [0.2, 0.25) is 0 Å². The number of aliphatic carboxylic acids is 1. The Morgan fingerprint density at radius 2 is 1.72 bits per heavy atom. The molecule has 0 spiro atoms. The highest BCUT2D eigenvalue weighted by Crippen LogP contribution is 2.38. The van der Waals surface area contributed by atoms with Crippen molar-refractivity contribution in [2.45, 2.75) is 19.8 Å². The van der Waals surface area contributed by atoms with E-state index in [1.807, 2.05) is 36.4 Å². The van der Waals surface area contributed by atoms with Gasteiger partial charge in [0.05, 0.1) is 17.1 Å². The highest BCUT2D eigenvalue weighted by Gasteiger charge is 2.37. The van der Waals surface area contributed by atoms with Crippen LogP contribution in [0.25, 0.3) is 6.08 Å². The van der Waals surface area contributed by atoms with Crippen LogP contribution in [0, 0.1) is 0 Å². The van der Waals surface area contributed by atoms with Crippen molar-refractivity contribution in [1.82, 2.24) is 10.3 Å². The van der Waals surface area contributed by atoms with Gasteiger partial charge in [0, 0.05) is 23.8 Å². The minimum Gasteiger partial charge on any atom is -0.478 e. The van der Waals surface area contributed by atoms with E-state index in [2.05, 4.69) is 10.3 Å². The number of nitrogens with zero attached hydrogens (tertiary/aromatic N) is 1. The Balaban J connectivity index is 1.85. The summed E-state index contributed by atoms with van der Waals surface area (Å²) < 4.78 is 5.43. The summed E-state index contributed by atoms with van der Waals surface area (Å²) in [5.41, 5.74) is 3.15. The Bertz CT molecular complexity index is 992. The molecule has 1 unspecified atom stereocenters. The van der Waals surface area contributed by atoms with E-state index in [-0.39, 0.29) is 17.8 Å². The van der Waals surface area contributed by atoms with E-state index in [0.29, 0.717) is 17.0 Å². The van der Waals surface area contributed by atoms with Gasteiger partial charge in [-0.3, -0.25) is 4.98 Å². The van der Waals surface area contributed by atoms with Gasteiger partial charge >= 0.3 is 11.9 Å². The quantitative estimate of drug-likeness (QED) is 0.732. The zero-order valence-corrected chi connectivity index (χ0v) is 16.3. The molecule has 1 aromatic carbocycles. The SMILES string of the molecule is CC1=C(C(=O)O)C(c2ccncc2)C(C(=O)OC/C=C/c2ccccc2)=C(C)N1. The fourth-order valence-electron chi connectivity index (χ4n) is 3.39. The first kappa shape index (κ1) is 20.1. The zero-order chi connectivity index (χ0) is 20.8. The topological polar surface area (TPSA) is 88.5 Å². The third-order valence-electron chi connectivity index (χ3n) is 4.67. The number of carboxylic acids is 1. The summed E-state index contributed by atoms with van der Waals surface area (Å²) in [6.07, 6.45) is 6.76. The van der Waals surface area contributed by atoms with Crippen molar-refractivity contribution in [3.05, 3.63) is 94.6 Å². The number of rotatable bonds is 6. The lowest BCUT2D eigenvalue weighted by Gasteiger charge is -2.29. The van der Waals surface area contributed by atoms with E-state index in [1.165, 1.54) is 0 Å². The molecule has 2 N–H and O–H groups in total. The first-order valence-corrected chi connectivity index (χ1v) is 9.19. The molecule has 1 aromatic heterocycles. The first-order chi connectivity index (χ1) is 14.0. The number of allylic oxidation sites excluding steroid dienone is 2. The molecular weight excluding hydrogens is 368 g/mol. The minimum absolute atomic E-state index is 0.0820. The number of pyridine rings is 1. The third-order valence-corrected chi connectivity index (χ3v) is 4.67. The number of ether oxygens (including phenoxy) is 1. The van der Waals surface area contributed by atoms with E-state index in [9.17, 15) is 14.7 Å². The molecule has 0 bridgehead atoms. The number of aromatic nitrogens is 1. The van der Waals surface area contributed by atoms with Crippen molar-refractivity contribution in [2.75, 3.05) is 6.61 Å². The molecular formula is C23H22N2O4. The van der Waals surface area contributed by atoms with E-state index >= 15 is 0 Å². The largest absolute Gasteiger partial charge is 0.478 e. The lowest BCUT2D eigenvalue weighted by Crippen LogP contribution is -2.31. The van der Waals surface area contributed by atoms with Crippen LogP contribution in [0.2, 0.25) is 0 Å². The number of hydrogen-bond donors (Lipinski definition) is 2. The molecule has 0 aliphatic carbocycles. The smallest absolute Gasteiger partial charge is 0.337 e. The Morgan fingerprint density at radius 1 is 1.07 bits per heavy atom. The number of nitrogens with one attached hydrogen (secondary N) is 1. The minimum atomic E-state index is -1.08. The van der Waals surface area contributed by atoms with E-state index in [4.69, 9.17) is 4.74 Å². The van der Waals surface area contributed by atoms with Crippen LogP contribution in [0.15, 0.2) is 83.5 Å². The second-order valence-corrected chi connectivity index (χ2v) is 6.63. The molecule has 2 aromatic rings. The molecule has 6 nitrogen and oxygen atoms in total. The highest BCUT2D eigenvalue weighted by atomic mass is 16.5. The normalized spacial score (nSPS) is 16.7. The summed E-state index contributed by atoms with van der Waals surface area (Å²) >= 11 is 0. The van der Waals surface area contributed by atoms with Crippen molar-refractivity contribution in [2.24, 2.45) is 0 Å². The van der Waals surface area contributed by atoms with E-state index in [0.717, 1.165) is 5.56 Å². The molecule has 2 heterocycles. The fraction of sp³-hybridized carbons (Fsp3) is 0.174. The molecule has 0 saturated carbocycles. The summed E-state index contributed by atoms with van der Waals surface area (Å²) in [7, 11) is 0. The summed E-state index contributed by atoms with van der Waals surface area (Å²) in [4.78, 5) is 28.8. The maximum atomic E-state index is 12.9. The lowest BCUT2D eigenvalue weighted by molar-refractivity contribution is -0.138. The Labute approximate surface area is 169 Å². The van der Waals surface area contributed by atoms with Gasteiger partial charge in [0.1, 0.15) is 6.61 Å². The molecule has 1 aliphatic rings. The van der Waals surface area contributed by atoms with Crippen molar-refractivity contribution in [3.8, 4) is 0 Å². The molecule has 1 atom stereocenters. The number of carbonyl (C=O) groups is 2. The number of carboxylic acid groups (broad SMARTS) is 1. The first-order valence-electron chi connectivity index (χ1n) is 9.19. The van der Waals surface area contributed by atoms with Gasteiger partial charge in [-0.1, -0.05) is 36.4 Å². The van der Waals surface area contributed by atoms with Crippen LogP contribution in [0.1, 0.15) is 30.9 Å². The molecule has 0 radical (unpaired) electrons. The van der Waals surface area contributed by atoms with Gasteiger partial charge in [-0.05, 0) is 43.2 Å². The molecule has 0 amide bonds. The molecule has 29 heavy (non-hydrogen) atoms. The van der Waals surface area contributed by atoms with Crippen LogP contribution >= 0.6 is 0 Å². The average Bonchev–Trinajstić information content (AvgIpc) is 2.71. The molecule has 148 valence electrons. The molecule has 0 fully saturated rings. The van der Waals surface area contributed by atoms with Crippen LogP contribution in [0.4, 0.5) is 0 Å². The summed E-state index contributed by atoms with van der Waals surface area (Å²) in [6, 6.07) is 13.1. The van der Waals surface area contributed by atoms with Gasteiger partial charge < -0.3 is 15.2 Å². The Morgan fingerprint density at radius 3 is 2.38 bits per heavy atom. The highest BCUT2D eigenvalue weighted by molar-refractivity contribution is 5.99. The van der Waals surface area contributed by atoms with Crippen LogP contribution in [0.5, 0.6) is 0 Å². The Hall–Kier alpha value is -3.67. The third kappa shape index (κ3) is 4.60. The van der Waals surface area contributed by atoms with Gasteiger partial charge in [-0.25, -0.2) is 9.59 Å². The van der Waals surface area contributed by atoms with Gasteiger partial charge in [-0.15, -0.1) is 0 Å². The van der Waals surface area contributed by atoms with Crippen LogP contribution in [0.3, 0.4) is 0 Å². The number of esters is 1. The van der Waals surface area contributed by atoms with Crippen LogP contribution in [-0.4, -0.2) is 28.6 Å². The molecule has 1 aliphatic heterocycles. The molecule has 6 heteroatoms. The van der Waals surface area contributed by atoms with Gasteiger partial charge in [0.25, 0.3) is 0 Å². The maximum absolute atomic E-state index is 12.9. The summed E-state index contributed by atoms with van der Waals surface area (Å²) in [5.74, 6) is -2.37. The predicted molar refractivity (Wildman–Crippen MR) is 110 cm³/mol. The summed E-state index contributed by atoms with van der Waals surface area (Å²) in [6.45, 7) is 3.51. The average molecular weight is 390 g/mol. The van der Waals surface area contributed by atoms with Crippen LogP contribution < -0.4 is 5.32 Å². The number of benzene rings is 1. The van der Waals surface area contributed by atoms with Gasteiger partial charge in [-0.2, -0.15) is 0 Å². The number of hydrogen-bond acceptors (Lipinski definition) is 5. The fourth-order valence-corrected chi connectivity index (χ4v) is 3.39. The van der Waals surface area contributed by atoms with Crippen molar-refractivity contribution < 1.29 is 19.4 Å². The standard InChI is InChI=1S/C23H22N2O4/c1-15-19(22(26)27)21(18-10-12-24-13-11-18)20(16(2)25-15)23(28)29-14-6-9-17-7-4-3-5-8-17/h3-13,21,25H,14H2,1-2H3,(H,26,27)/b9-6+. The van der Waals surface area contributed by atoms with Crippen molar-refractivity contribution >= 4 is 18.0 Å². The Kier molecular flexibility index (Phi) is 6.24. The van der Waals surface area contributed by atoms with Crippen molar-refractivity contribution in [1.29, 1.82) is 0 Å². The number of dihydropyridines is 1.